The second kappa shape index (κ2) is 8.67. The first kappa shape index (κ1) is 20.2. The lowest BCUT2D eigenvalue weighted by atomic mass is 10.00. The number of aryl methyl sites for hydroxylation is 1. The summed E-state index contributed by atoms with van der Waals surface area (Å²) >= 11 is 0. The number of carbonyl (C=O) groups excluding carboxylic acids is 1. The lowest BCUT2D eigenvalue weighted by Gasteiger charge is -2.12. The van der Waals surface area contributed by atoms with E-state index in [0.29, 0.717) is 33.5 Å². The number of rotatable bonds is 6. The monoisotopic (exact) mass is 392 g/mol. The molecule has 0 fully saturated rings. The third kappa shape index (κ3) is 5.06. The van der Waals surface area contributed by atoms with Gasteiger partial charge >= 0.3 is 5.97 Å². The molecule has 0 aliphatic heterocycles. The van der Waals surface area contributed by atoms with Crippen molar-refractivity contribution in [3.8, 4) is 11.1 Å². The lowest BCUT2D eigenvalue weighted by molar-refractivity contribution is -0.136. The molecule has 3 aromatic rings. The molecule has 148 valence electrons. The molecule has 5 nitrogen and oxygen atoms in total. The van der Waals surface area contributed by atoms with Gasteiger partial charge in [-0.15, -0.1) is 0 Å². The highest BCUT2D eigenvalue weighted by Gasteiger charge is 2.13. The van der Waals surface area contributed by atoms with Crippen molar-refractivity contribution in [2.45, 2.75) is 19.9 Å². The first-order valence-electron chi connectivity index (χ1n) is 9.08. The molecule has 0 spiro atoms. The molecular weight excluding hydrogens is 371 g/mol. The predicted molar refractivity (Wildman–Crippen MR) is 110 cm³/mol. The number of aliphatic carboxylic acids is 1. The number of carbonyl (C=O) groups is 2. The molecule has 0 saturated carbocycles. The summed E-state index contributed by atoms with van der Waals surface area (Å²) in [5, 5.41) is 11.9. The van der Waals surface area contributed by atoms with Crippen LogP contribution in [0.25, 0.3) is 11.1 Å². The Bertz CT molecular complexity index is 1080. The van der Waals surface area contributed by atoms with Crippen LogP contribution < -0.4 is 11.1 Å². The van der Waals surface area contributed by atoms with Gasteiger partial charge in [0.15, 0.2) is 0 Å². The van der Waals surface area contributed by atoms with E-state index in [4.69, 9.17) is 10.8 Å². The molecule has 0 radical (unpaired) electrons. The number of carboxylic acids is 1. The predicted octanol–water partition coefficient (Wildman–Crippen LogP) is 4.14. The summed E-state index contributed by atoms with van der Waals surface area (Å²) in [6.45, 7) is 2.07. The van der Waals surface area contributed by atoms with E-state index in [2.05, 4.69) is 5.32 Å². The smallest absolute Gasteiger partial charge is 0.307 e. The van der Waals surface area contributed by atoms with Crippen molar-refractivity contribution < 1.29 is 19.1 Å². The van der Waals surface area contributed by atoms with Gasteiger partial charge in [-0.1, -0.05) is 24.3 Å². The maximum absolute atomic E-state index is 13.9. The highest BCUT2D eigenvalue weighted by molar-refractivity contribution is 6.05. The summed E-state index contributed by atoms with van der Waals surface area (Å²) in [6.07, 6.45) is -0.193. The number of nitrogens with two attached hydrogens (primary N) is 1. The standard InChI is InChI=1S/C23H21FN2O3/c1-14-5-6-17(12-22(27)28)21(7-14)26-23(29)18-4-2-3-16(10-18)19-8-15(13-25)9-20(24)11-19/h2-11H,12-13,25H2,1H3,(H,26,29)(H,27,28). The summed E-state index contributed by atoms with van der Waals surface area (Å²) in [5.74, 6) is -1.75. The van der Waals surface area contributed by atoms with Gasteiger partial charge in [-0.2, -0.15) is 0 Å². The minimum atomic E-state index is -0.979. The fourth-order valence-corrected chi connectivity index (χ4v) is 3.09. The van der Waals surface area contributed by atoms with E-state index in [9.17, 15) is 14.0 Å². The van der Waals surface area contributed by atoms with Crippen LogP contribution in [0.3, 0.4) is 0 Å². The molecule has 0 aliphatic rings. The van der Waals surface area contributed by atoms with Crippen LogP contribution >= 0.6 is 0 Å². The Kier molecular flexibility index (Phi) is 6.04. The van der Waals surface area contributed by atoms with Crippen molar-refractivity contribution in [1.82, 2.24) is 0 Å². The van der Waals surface area contributed by atoms with Crippen LogP contribution in [0.1, 0.15) is 27.0 Å². The van der Waals surface area contributed by atoms with E-state index >= 15 is 0 Å². The number of anilines is 1. The fourth-order valence-electron chi connectivity index (χ4n) is 3.09. The summed E-state index contributed by atoms with van der Waals surface area (Å²) in [4.78, 5) is 23.9. The van der Waals surface area contributed by atoms with Gasteiger partial charge in [0.2, 0.25) is 0 Å². The van der Waals surface area contributed by atoms with Gasteiger partial charge in [-0.05, 0) is 71.1 Å². The van der Waals surface area contributed by atoms with Crippen LogP contribution in [0.5, 0.6) is 0 Å². The normalized spacial score (nSPS) is 10.6. The molecule has 0 atom stereocenters. The van der Waals surface area contributed by atoms with E-state index in [1.807, 2.05) is 6.92 Å². The van der Waals surface area contributed by atoms with E-state index in [-0.39, 0.29) is 18.9 Å². The average Bonchev–Trinajstić information content (AvgIpc) is 2.69. The van der Waals surface area contributed by atoms with Crippen molar-refractivity contribution in [2.24, 2.45) is 5.73 Å². The first-order valence-corrected chi connectivity index (χ1v) is 9.08. The van der Waals surface area contributed by atoms with Gasteiger partial charge in [0.1, 0.15) is 5.82 Å². The van der Waals surface area contributed by atoms with Gasteiger partial charge in [0.25, 0.3) is 5.91 Å². The first-order chi connectivity index (χ1) is 13.9. The Balaban J connectivity index is 1.90. The summed E-state index contributed by atoms with van der Waals surface area (Å²) in [5.41, 5.74) is 9.84. The van der Waals surface area contributed by atoms with Crippen LogP contribution in [0.2, 0.25) is 0 Å². The topological polar surface area (TPSA) is 92.4 Å². The number of hydrogen-bond donors (Lipinski definition) is 3. The molecule has 3 rings (SSSR count). The van der Waals surface area contributed by atoms with Gasteiger partial charge in [0, 0.05) is 17.8 Å². The number of hydrogen-bond acceptors (Lipinski definition) is 3. The van der Waals surface area contributed by atoms with E-state index in [1.54, 1.807) is 48.5 Å². The van der Waals surface area contributed by atoms with Crippen LogP contribution in [-0.2, 0) is 17.8 Å². The SMILES string of the molecule is Cc1ccc(CC(=O)O)c(NC(=O)c2cccc(-c3cc(F)cc(CN)c3)c2)c1. The molecule has 6 heteroatoms. The lowest BCUT2D eigenvalue weighted by Crippen LogP contribution is -2.14. The van der Waals surface area contributed by atoms with E-state index in [0.717, 1.165) is 5.56 Å². The number of benzene rings is 3. The third-order valence-electron chi connectivity index (χ3n) is 4.51. The molecule has 0 aromatic heterocycles. The Morgan fingerprint density at radius 1 is 1.03 bits per heavy atom. The molecule has 0 bridgehead atoms. The van der Waals surface area contributed by atoms with Crippen molar-refractivity contribution >= 4 is 17.6 Å². The fraction of sp³-hybridized carbons (Fsp3) is 0.130. The Hall–Kier alpha value is -3.51. The third-order valence-corrected chi connectivity index (χ3v) is 4.51. The van der Waals surface area contributed by atoms with E-state index in [1.165, 1.54) is 12.1 Å². The Labute approximate surface area is 168 Å². The van der Waals surface area contributed by atoms with Crippen LogP contribution in [-0.4, -0.2) is 17.0 Å². The second-order valence-corrected chi connectivity index (χ2v) is 6.82. The van der Waals surface area contributed by atoms with Crippen molar-refractivity contribution in [3.05, 3.63) is 88.7 Å². The van der Waals surface area contributed by atoms with Crippen molar-refractivity contribution in [2.75, 3.05) is 5.32 Å². The maximum Gasteiger partial charge on any atom is 0.307 e. The quantitative estimate of drug-likeness (QED) is 0.588. The molecule has 29 heavy (non-hydrogen) atoms. The van der Waals surface area contributed by atoms with Crippen molar-refractivity contribution in [1.29, 1.82) is 0 Å². The summed E-state index contributed by atoms with van der Waals surface area (Å²) in [7, 11) is 0. The van der Waals surface area contributed by atoms with E-state index < -0.39 is 11.8 Å². The van der Waals surface area contributed by atoms with Gasteiger partial charge in [-0.3, -0.25) is 9.59 Å². The van der Waals surface area contributed by atoms with Crippen LogP contribution in [0.15, 0.2) is 60.7 Å². The zero-order valence-electron chi connectivity index (χ0n) is 15.9. The summed E-state index contributed by atoms with van der Waals surface area (Å²) in [6, 6.07) is 16.6. The Morgan fingerprint density at radius 3 is 2.55 bits per heavy atom. The second-order valence-electron chi connectivity index (χ2n) is 6.82. The number of carboxylic acid groups (broad SMARTS) is 1. The largest absolute Gasteiger partial charge is 0.481 e. The molecule has 0 aliphatic carbocycles. The van der Waals surface area contributed by atoms with Gasteiger partial charge in [0.05, 0.1) is 6.42 Å². The average molecular weight is 392 g/mol. The van der Waals surface area contributed by atoms with Gasteiger partial charge < -0.3 is 16.2 Å². The van der Waals surface area contributed by atoms with Crippen LogP contribution in [0, 0.1) is 12.7 Å². The maximum atomic E-state index is 13.9. The Morgan fingerprint density at radius 2 is 1.83 bits per heavy atom. The molecule has 1 amide bonds. The minimum absolute atomic E-state index is 0.193. The molecule has 0 unspecified atom stereocenters. The molecule has 3 aromatic carbocycles. The molecule has 0 saturated heterocycles. The zero-order chi connectivity index (χ0) is 21.0. The highest BCUT2D eigenvalue weighted by atomic mass is 19.1. The highest BCUT2D eigenvalue weighted by Crippen LogP contribution is 2.24. The van der Waals surface area contributed by atoms with Crippen molar-refractivity contribution in [3.63, 3.8) is 0 Å². The van der Waals surface area contributed by atoms with Crippen LogP contribution in [0.4, 0.5) is 10.1 Å². The molecular formula is C23H21FN2O3. The number of nitrogens with one attached hydrogen (secondary N) is 1. The molecule has 0 heterocycles. The zero-order valence-corrected chi connectivity index (χ0v) is 15.9. The summed E-state index contributed by atoms with van der Waals surface area (Å²) < 4.78 is 13.9. The van der Waals surface area contributed by atoms with Gasteiger partial charge in [-0.25, -0.2) is 4.39 Å². The minimum Gasteiger partial charge on any atom is -0.481 e. The molecule has 4 N–H and O–H groups in total. The number of halogens is 1. The number of amides is 1.